The number of benzene rings is 2. The van der Waals surface area contributed by atoms with E-state index in [1.165, 1.54) is 0 Å². The van der Waals surface area contributed by atoms with E-state index in [2.05, 4.69) is 6.07 Å². The molecule has 1 fully saturated rings. The summed E-state index contributed by atoms with van der Waals surface area (Å²) in [5.41, 5.74) is 0.0955. The number of hydrogen-bond acceptors (Lipinski definition) is 5. The Morgan fingerprint density at radius 2 is 1.97 bits per heavy atom. The topological polar surface area (TPSA) is 84.6 Å². The lowest BCUT2D eigenvalue weighted by Crippen LogP contribution is -2.63. The average Bonchev–Trinajstić information content (AvgIpc) is 3.17. The van der Waals surface area contributed by atoms with Crippen LogP contribution in [0.15, 0.2) is 42.6 Å². The lowest BCUT2D eigenvalue weighted by molar-refractivity contribution is -0.0169. The zero-order valence-corrected chi connectivity index (χ0v) is 19.9. The number of hydrogen-bond donors (Lipinski definition) is 0. The largest absolute Gasteiger partial charge is 0.490 e. The molecule has 2 heterocycles. The van der Waals surface area contributed by atoms with Crippen molar-refractivity contribution in [1.82, 2.24) is 8.87 Å². The van der Waals surface area contributed by atoms with Crippen LogP contribution in [0.2, 0.25) is 5.02 Å². The molecule has 174 valence electrons. The number of fused-ring (bicyclic) bond motifs is 1. The molecule has 3 aromatic rings. The first-order chi connectivity index (χ1) is 15.6. The minimum absolute atomic E-state index is 0.211. The minimum atomic E-state index is -3.40. The summed E-state index contributed by atoms with van der Waals surface area (Å²) < 4.78 is 51.6. The lowest BCUT2D eigenvalue weighted by atomic mass is 10.0. The highest BCUT2D eigenvalue weighted by atomic mass is 35.5. The van der Waals surface area contributed by atoms with Gasteiger partial charge in [0.25, 0.3) is 0 Å². The number of nitrogens with zero attached hydrogens (tertiary/aromatic N) is 3. The van der Waals surface area contributed by atoms with Crippen LogP contribution in [0, 0.1) is 11.3 Å². The molecule has 0 unspecified atom stereocenters. The summed E-state index contributed by atoms with van der Waals surface area (Å²) in [6, 6.07) is 12.6. The summed E-state index contributed by atoms with van der Waals surface area (Å²) in [6.07, 6.45) is 2.88. The molecule has 11 heteroatoms. The fourth-order valence-electron chi connectivity index (χ4n) is 3.65. The lowest BCUT2D eigenvalue weighted by Gasteiger charge is -2.42. The molecule has 1 saturated heterocycles. The van der Waals surface area contributed by atoms with Gasteiger partial charge >= 0.3 is 0 Å². The molecule has 0 N–H and O–H groups in total. The maximum absolute atomic E-state index is 14.6. The van der Waals surface area contributed by atoms with Gasteiger partial charge in [0.05, 0.1) is 41.3 Å². The molecule has 0 amide bonds. The van der Waals surface area contributed by atoms with Crippen LogP contribution in [0.1, 0.15) is 5.56 Å². The predicted octanol–water partition coefficient (Wildman–Crippen LogP) is 4.14. The highest BCUT2D eigenvalue weighted by molar-refractivity contribution is 7.88. The van der Waals surface area contributed by atoms with Crippen LogP contribution in [-0.2, 0) is 10.0 Å². The van der Waals surface area contributed by atoms with Gasteiger partial charge in [-0.1, -0.05) is 11.6 Å². The van der Waals surface area contributed by atoms with Gasteiger partial charge in [-0.25, -0.2) is 12.8 Å². The van der Waals surface area contributed by atoms with Gasteiger partial charge < -0.3 is 14.0 Å². The van der Waals surface area contributed by atoms with E-state index in [9.17, 15) is 18.1 Å². The fourth-order valence-corrected chi connectivity index (χ4v) is 4.93. The zero-order chi connectivity index (χ0) is 23.8. The number of aromatic nitrogens is 1. The van der Waals surface area contributed by atoms with E-state index < -0.39 is 15.7 Å². The molecule has 0 bridgehead atoms. The molecule has 0 spiro atoms. The van der Waals surface area contributed by atoms with Gasteiger partial charge in [-0.2, -0.15) is 9.57 Å². The Hall–Kier alpha value is -2.51. The number of nitriles is 1. The van der Waals surface area contributed by atoms with E-state index in [0.29, 0.717) is 27.8 Å². The molecule has 0 atom stereocenters. The van der Waals surface area contributed by atoms with E-state index in [1.807, 2.05) is 22.9 Å². The molecule has 4 rings (SSSR count). The third kappa shape index (κ3) is 4.89. The smallest absolute Gasteiger partial charge is 0.211 e. The fraction of sp³-hybridized carbons (Fsp3) is 0.318. The number of alkyl halides is 2. The Labute approximate surface area is 200 Å². The van der Waals surface area contributed by atoms with Crippen molar-refractivity contribution >= 4 is 44.1 Å². The van der Waals surface area contributed by atoms with Gasteiger partial charge in [0, 0.05) is 17.3 Å². The van der Waals surface area contributed by atoms with Gasteiger partial charge in [-0.3, -0.25) is 0 Å². The monoisotopic (exact) mass is 511 g/mol. The highest BCUT2D eigenvalue weighted by Crippen LogP contribution is 2.34. The molecule has 0 aliphatic carbocycles. The van der Waals surface area contributed by atoms with Crippen molar-refractivity contribution in [2.75, 3.05) is 38.4 Å². The van der Waals surface area contributed by atoms with Crippen LogP contribution in [-0.4, -0.2) is 61.4 Å². The third-order valence-electron chi connectivity index (χ3n) is 5.30. The highest BCUT2D eigenvalue weighted by Gasteiger charge is 2.48. The van der Waals surface area contributed by atoms with Gasteiger partial charge in [-0.15, -0.1) is 11.6 Å². The van der Waals surface area contributed by atoms with E-state index in [4.69, 9.17) is 32.7 Å². The summed E-state index contributed by atoms with van der Waals surface area (Å²) in [5, 5.41) is 10.6. The van der Waals surface area contributed by atoms with Crippen molar-refractivity contribution in [2.24, 2.45) is 0 Å². The summed E-state index contributed by atoms with van der Waals surface area (Å²) in [7, 11) is -3.40. The molecule has 0 saturated carbocycles. The molecule has 1 aliphatic heterocycles. The normalized spacial score (nSPS) is 15.7. The Balaban J connectivity index is 1.53. The van der Waals surface area contributed by atoms with Crippen LogP contribution in [0.4, 0.5) is 4.39 Å². The molecular formula is C22H20Cl2FN3O4S. The van der Waals surface area contributed by atoms with Crippen molar-refractivity contribution in [3.05, 3.63) is 53.2 Å². The number of halogens is 3. The van der Waals surface area contributed by atoms with Crippen LogP contribution >= 0.6 is 23.2 Å². The van der Waals surface area contributed by atoms with E-state index in [-0.39, 0.29) is 32.2 Å². The first kappa shape index (κ1) is 23.6. The molecule has 33 heavy (non-hydrogen) atoms. The van der Waals surface area contributed by atoms with Crippen molar-refractivity contribution in [3.63, 3.8) is 0 Å². The molecule has 2 aromatic carbocycles. The Bertz CT molecular complexity index is 1350. The van der Waals surface area contributed by atoms with Gasteiger partial charge in [-0.05, 0) is 36.4 Å². The quantitative estimate of drug-likeness (QED) is 0.424. The maximum atomic E-state index is 14.6. The summed E-state index contributed by atoms with van der Waals surface area (Å²) >= 11 is 12.0. The Morgan fingerprint density at radius 1 is 1.21 bits per heavy atom. The van der Waals surface area contributed by atoms with Crippen molar-refractivity contribution in [1.29, 1.82) is 5.26 Å². The van der Waals surface area contributed by atoms with Crippen LogP contribution in [0.3, 0.4) is 0 Å². The number of rotatable bonds is 8. The van der Waals surface area contributed by atoms with Crippen LogP contribution in [0.25, 0.3) is 16.6 Å². The molecule has 7 nitrogen and oxygen atoms in total. The molecular weight excluding hydrogens is 492 g/mol. The Kier molecular flexibility index (Phi) is 6.47. The second-order valence-corrected chi connectivity index (χ2v) is 10.6. The third-order valence-corrected chi connectivity index (χ3v) is 6.93. The number of ether oxygens (including phenoxy) is 2. The standard InChI is InChI=1S/C22H20Cl2FN3O4S/c1-33(29,30)27-12-22(25,13-27)14-32-18-2-3-20-15(9-18)4-6-28(20)17-8-16(11-26)21(19(24)10-17)31-7-5-23/h2-4,6,8-10H,5,7,12-14H2,1H3. The van der Waals surface area contributed by atoms with Gasteiger partial charge in [0.2, 0.25) is 10.0 Å². The number of sulfonamides is 1. The predicted molar refractivity (Wildman–Crippen MR) is 125 cm³/mol. The van der Waals surface area contributed by atoms with Crippen molar-refractivity contribution in [2.45, 2.75) is 5.67 Å². The van der Waals surface area contributed by atoms with Crippen molar-refractivity contribution in [3.8, 4) is 23.3 Å². The van der Waals surface area contributed by atoms with Gasteiger partial charge in [0.1, 0.15) is 25.0 Å². The second-order valence-electron chi connectivity index (χ2n) is 7.83. The van der Waals surface area contributed by atoms with Crippen molar-refractivity contribution < 1.29 is 22.3 Å². The first-order valence-corrected chi connectivity index (χ1v) is 12.7. The maximum Gasteiger partial charge on any atom is 0.211 e. The minimum Gasteiger partial charge on any atom is -0.490 e. The van der Waals surface area contributed by atoms with E-state index >= 15 is 0 Å². The molecule has 1 aromatic heterocycles. The van der Waals surface area contributed by atoms with Crippen LogP contribution in [0.5, 0.6) is 11.5 Å². The SMILES string of the molecule is CS(=O)(=O)N1CC(F)(COc2ccc3c(ccn3-c3cc(Cl)c(OCCCl)c(C#N)c3)c2)C1. The van der Waals surface area contributed by atoms with E-state index in [1.54, 1.807) is 24.3 Å². The second kappa shape index (κ2) is 9.03. The summed E-state index contributed by atoms with van der Waals surface area (Å²) in [6.45, 7) is -0.429. The first-order valence-electron chi connectivity index (χ1n) is 9.94. The molecule has 1 aliphatic rings. The summed E-state index contributed by atoms with van der Waals surface area (Å²) in [4.78, 5) is 0. The summed E-state index contributed by atoms with van der Waals surface area (Å²) in [5.74, 6) is 1.03. The Morgan fingerprint density at radius 3 is 2.64 bits per heavy atom. The average molecular weight is 512 g/mol. The van der Waals surface area contributed by atoms with Gasteiger partial charge in [0.15, 0.2) is 11.4 Å². The molecule has 0 radical (unpaired) electrons. The zero-order valence-electron chi connectivity index (χ0n) is 17.6. The van der Waals surface area contributed by atoms with E-state index in [0.717, 1.165) is 21.5 Å². The van der Waals surface area contributed by atoms with Crippen LogP contribution < -0.4 is 9.47 Å².